The molecule has 128 valence electrons. The van der Waals surface area contributed by atoms with Crippen molar-refractivity contribution in [3.05, 3.63) is 46.7 Å². The van der Waals surface area contributed by atoms with Crippen LogP contribution in [0.15, 0.2) is 41.1 Å². The van der Waals surface area contributed by atoms with E-state index in [1.54, 1.807) is 16.2 Å². The third kappa shape index (κ3) is 4.69. The summed E-state index contributed by atoms with van der Waals surface area (Å²) in [5.41, 5.74) is 2.45. The van der Waals surface area contributed by atoms with E-state index >= 15 is 0 Å². The molecule has 2 aromatic rings. The van der Waals surface area contributed by atoms with Crippen LogP contribution in [0.2, 0.25) is 0 Å². The van der Waals surface area contributed by atoms with Crippen molar-refractivity contribution in [2.45, 2.75) is 13.5 Å². The van der Waals surface area contributed by atoms with Crippen molar-refractivity contribution in [3.8, 4) is 5.75 Å². The van der Waals surface area contributed by atoms with Crippen LogP contribution in [-0.2, 0) is 6.54 Å². The number of anilines is 1. The second kappa shape index (κ2) is 8.46. The van der Waals surface area contributed by atoms with E-state index in [-0.39, 0.29) is 0 Å². The van der Waals surface area contributed by atoms with Gasteiger partial charge in [-0.1, -0.05) is 0 Å². The van der Waals surface area contributed by atoms with Crippen LogP contribution in [0.5, 0.6) is 5.75 Å². The Labute approximate surface area is 153 Å². The quantitative estimate of drug-likeness (QED) is 0.799. The number of hydrogen-bond acceptors (Lipinski definition) is 3. The van der Waals surface area contributed by atoms with Crippen LogP contribution in [0.1, 0.15) is 12.5 Å². The van der Waals surface area contributed by atoms with Crippen LogP contribution < -0.4 is 15.0 Å². The molecule has 0 bridgehead atoms. The van der Waals surface area contributed by atoms with Crippen molar-refractivity contribution < 1.29 is 9.64 Å². The average molecular weight is 363 g/mol. The van der Waals surface area contributed by atoms with Gasteiger partial charge in [-0.3, -0.25) is 0 Å². The molecule has 24 heavy (non-hydrogen) atoms. The molecule has 3 rings (SSSR count). The van der Waals surface area contributed by atoms with Crippen molar-refractivity contribution in [2.75, 3.05) is 38.1 Å². The van der Waals surface area contributed by atoms with Crippen molar-refractivity contribution in [1.82, 2.24) is 4.90 Å². The van der Waals surface area contributed by atoms with E-state index in [2.05, 4.69) is 27.0 Å². The summed E-state index contributed by atoms with van der Waals surface area (Å²) in [5, 5.41) is 8.55. The fraction of sp³-hybridized carbons (Fsp3) is 0.389. The largest absolute Gasteiger partial charge is 0.494 e. The van der Waals surface area contributed by atoms with E-state index in [0.29, 0.717) is 6.61 Å². The van der Waals surface area contributed by atoms with E-state index in [1.807, 2.05) is 31.2 Å². The summed E-state index contributed by atoms with van der Waals surface area (Å²) in [5.74, 6) is 0.889. The van der Waals surface area contributed by atoms with Gasteiger partial charge in [0.25, 0.3) is 0 Å². The van der Waals surface area contributed by atoms with Gasteiger partial charge in [0.05, 0.1) is 32.8 Å². The lowest BCUT2D eigenvalue weighted by molar-refractivity contribution is -0.917. The van der Waals surface area contributed by atoms with Crippen LogP contribution in [0, 0.1) is 0 Å². The Bertz CT molecular complexity index is 635. The van der Waals surface area contributed by atoms with Crippen molar-refractivity contribution in [1.29, 1.82) is 0 Å². The molecule has 0 saturated carbocycles. The molecule has 1 aromatic heterocycles. The molecule has 0 spiro atoms. The van der Waals surface area contributed by atoms with Gasteiger partial charge in [-0.05, 0) is 60.2 Å². The molecule has 1 fully saturated rings. The number of hydrogen-bond donors (Lipinski definition) is 2. The van der Waals surface area contributed by atoms with Gasteiger partial charge in [0.15, 0.2) is 5.11 Å². The lowest BCUT2D eigenvalue weighted by atomic mass is 10.2. The van der Waals surface area contributed by atoms with Crippen LogP contribution in [0.3, 0.4) is 0 Å². The third-order valence-electron chi connectivity index (χ3n) is 4.21. The molecule has 0 aliphatic carbocycles. The van der Waals surface area contributed by atoms with Gasteiger partial charge in [0, 0.05) is 11.3 Å². The molecule has 1 saturated heterocycles. The van der Waals surface area contributed by atoms with Gasteiger partial charge in [-0.15, -0.1) is 0 Å². The molecule has 0 atom stereocenters. The molecule has 2 heterocycles. The van der Waals surface area contributed by atoms with Gasteiger partial charge in [-0.25, -0.2) is 0 Å². The number of piperazine rings is 1. The molecule has 2 N–H and O–H groups in total. The smallest absolute Gasteiger partial charge is 0.173 e. The van der Waals surface area contributed by atoms with E-state index in [9.17, 15) is 0 Å². The molecular formula is C18H24N3OS2+. The highest BCUT2D eigenvalue weighted by atomic mass is 32.1. The SMILES string of the molecule is CCOc1ccc(NC(=S)N2CC[NH+](Cc3ccsc3)CC2)cc1. The van der Waals surface area contributed by atoms with Crippen molar-refractivity contribution >= 4 is 34.4 Å². The Morgan fingerprint density at radius 1 is 1.25 bits per heavy atom. The predicted octanol–water partition coefficient (Wildman–Crippen LogP) is 2.24. The minimum atomic E-state index is 0.684. The lowest BCUT2D eigenvalue weighted by Crippen LogP contribution is -3.13. The number of benzene rings is 1. The summed E-state index contributed by atoms with van der Waals surface area (Å²) in [7, 11) is 0. The molecule has 1 aliphatic rings. The second-order valence-corrected chi connectivity index (χ2v) is 7.10. The minimum Gasteiger partial charge on any atom is -0.494 e. The number of thiocarbonyl (C=S) groups is 1. The molecule has 0 unspecified atom stereocenters. The number of nitrogens with one attached hydrogen (secondary N) is 2. The van der Waals surface area contributed by atoms with Crippen LogP contribution in [0.25, 0.3) is 0 Å². The summed E-state index contributed by atoms with van der Waals surface area (Å²) in [4.78, 5) is 3.90. The number of thiophene rings is 1. The summed E-state index contributed by atoms with van der Waals surface area (Å²) in [6, 6.07) is 10.2. The van der Waals surface area contributed by atoms with Crippen LogP contribution >= 0.6 is 23.6 Å². The first kappa shape index (κ1) is 17.2. The molecule has 0 amide bonds. The number of ether oxygens (including phenoxy) is 1. The predicted molar refractivity (Wildman–Crippen MR) is 104 cm³/mol. The zero-order chi connectivity index (χ0) is 16.8. The van der Waals surface area contributed by atoms with Crippen molar-refractivity contribution in [3.63, 3.8) is 0 Å². The summed E-state index contributed by atoms with van der Waals surface area (Å²) in [6.07, 6.45) is 0. The highest BCUT2D eigenvalue weighted by molar-refractivity contribution is 7.80. The maximum Gasteiger partial charge on any atom is 0.173 e. The first-order valence-corrected chi connectivity index (χ1v) is 9.73. The Morgan fingerprint density at radius 3 is 2.62 bits per heavy atom. The summed E-state index contributed by atoms with van der Waals surface area (Å²) < 4.78 is 5.46. The molecule has 1 aromatic carbocycles. The fourth-order valence-electron chi connectivity index (χ4n) is 2.89. The number of nitrogens with zero attached hydrogens (tertiary/aromatic N) is 1. The first-order valence-electron chi connectivity index (χ1n) is 8.38. The van der Waals surface area contributed by atoms with E-state index < -0.39 is 0 Å². The number of rotatable bonds is 5. The Hall–Kier alpha value is -1.63. The van der Waals surface area contributed by atoms with Crippen LogP contribution in [-0.4, -0.2) is 42.8 Å². The Morgan fingerprint density at radius 2 is 2.00 bits per heavy atom. The molecule has 0 radical (unpaired) electrons. The standard InChI is InChI=1S/C18H23N3OS2/c1-2-22-17-5-3-16(4-6-17)19-18(23)21-10-8-20(9-11-21)13-15-7-12-24-14-15/h3-7,12,14H,2,8-11,13H2,1H3,(H,19,23)/p+1. The summed E-state index contributed by atoms with van der Waals surface area (Å²) in [6.45, 7) is 8.05. The minimum absolute atomic E-state index is 0.684. The van der Waals surface area contributed by atoms with Gasteiger partial charge in [-0.2, -0.15) is 11.3 Å². The van der Waals surface area contributed by atoms with Crippen LogP contribution in [0.4, 0.5) is 5.69 Å². The zero-order valence-electron chi connectivity index (χ0n) is 14.0. The molecule has 4 nitrogen and oxygen atoms in total. The fourth-order valence-corrected chi connectivity index (χ4v) is 3.86. The monoisotopic (exact) mass is 362 g/mol. The number of quaternary nitrogens is 1. The maximum atomic E-state index is 5.57. The Kier molecular flexibility index (Phi) is 6.07. The van der Waals surface area contributed by atoms with Gasteiger partial charge in [0.1, 0.15) is 12.3 Å². The molecule has 1 aliphatic heterocycles. The lowest BCUT2D eigenvalue weighted by Gasteiger charge is -2.33. The van der Waals surface area contributed by atoms with E-state index in [0.717, 1.165) is 49.3 Å². The molecular weight excluding hydrogens is 338 g/mol. The highest BCUT2D eigenvalue weighted by Crippen LogP contribution is 2.16. The molecule has 6 heteroatoms. The van der Waals surface area contributed by atoms with Gasteiger partial charge >= 0.3 is 0 Å². The summed E-state index contributed by atoms with van der Waals surface area (Å²) >= 11 is 7.35. The van der Waals surface area contributed by atoms with Gasteiger partial charge in [0.2, 0.25) is 0 Å². The highest BCUT2D eigenvalue weighted by Gasteiger charge is 2.21. The zero-order valence-corrected chi connectivity index (χ0v) is 15.6. The normalized spacial score (nSPS) is 15.3. The average Bonchev–Trinajstić information content (AvgIpc) is 3.10. The van der Waals surface area contributed by atoms with Gasteiger partial charge < -0.3 is 19.9 Å². The first-order chi connectivity index (χ1) is 11.7. The topological polar surface area (TPSA) is 28.9 Å². The maximum absolute atomic E-state index is 5.57. The van der Waals surface area contributed by atoms with Crippen molar-refractivity contribution in [2.24, 2.45) is 0 Å². The second-order valence-electron chi connectivity index (χ2n) is 5.93. The van der Waals surface area contributed by atoms with E-state index in [1.165, 1.54) is 5.56 Å². The van der Waals surface area contributed by atoms with E-state index in [4.69, 9.17) is 17.0 Å². The Balaban J connectivity index is 1.46. The third-order valence-corrected chi connectivity index (χ3v) is 5.30.